The van der Waals surface area contributed by atoms with Crippen LogP contribution < -0.4 is 16.4 Å². The van der Waals surface area contributed by atoms with E-state index in [0.29, 0.717) is 5.56 Å². The van der Waals surface area contributed by atoms with Crippen LogP contribution in [0.3, 0.4) is 0 Å². The maximum Gasteiger partial charge on any atom is 0.250 e. The Morgan fingerprint density at radius 3 is 2.56 bits per heavy atom. The van der Waals surface area contributed by atoms with Crippen molar-refractivity contribution in [3.05, 3.63) is 28.8 Å². The molecule has 0 unspecified atom stereocenters. The predicted molar refractivity (Wildman–Crippen MR) is 116 cm³/mol. The molecule has 0 fully saturated rings. The van der Waals surface area contributed by atoms with E-state index in [2.05, 4.69) is 44.8 Å². The van der Waals surface area contributed by atoms with Gasteiger partial charge in [0.2, 0.25) is 0 Å². The highest BCUT2D eigenvalue weighted by Crippen LogP contribution is 2.37. The molecule has 1 aliphatic heterocycles. The van der Waals surface area contributed by atoms with Gasteiger partial charge in [0, 0.05) is 25.7 Å². The molecule has 0 radical (unpaired) electrons. The summed E-state index contributed by atoms with van der Waals surface area (Å²) in [5.41, 5.74) is 15.6. The van der Waals surface area contributed by atoms with Crippen LogP contribution in [0.2, 0.25) is 18.1 Å². The van der Waals surface area contributed by atoms with Gasteiger partial charge in [-0.1, -0.05) is 26.8 Å². The quantitative estimate of drug-likeness (QED) is 0.525. The molecule has 0 aromatic heterocycles. The monoisotopic (exact) mass is 391 g/mol. The number of primary amides is 1. The van der Waals surface area contributed by atoms with Gasteiger partial charge in [0.25, 0.3) is 5.91 Å². The van der Waals surface area contributed by atoms with Crippen molar-refractivity contribution in [3.63, 3.8) is 0 Å². The number of carbonyl (C=O) groups is 1. The van der Waals surface area contributed by atoms with Gasteiger partial charge in [-0.3, -0.25) is 4.79 Å². The van der Waals surface area contributed by atoms with Crippen molar-refractivity contribution in [3.8, 4) is 0 Å². The molecule has 1 aliphatic rings. The average molecular weight is 392 g/mol. The number of anilines is 1. The van der Waals surface area contributed by atoms with Crippen molar-refractivity contribution in [1.29, 1.82) is 0 Å². The van der Waals surface area contributed by atoms with E-state index >= 15 is 0 Å². The van der Waals surface area contributed by atoms with Gasteiger partial charge in [0.05, 0.1) is 11.3 Å². The van der Waals surface area contributed by atoms with E-state index in [0.717, 1.165) is 50.2 Å². The molecule has 152 valence electrons. The van der Waals surface area contributed by atoms with Crippen molar-refractivity contribution in [1.82, 2.24) is 0 Å². The number of rotatable bonds is 8. The Morgan fingerprint density at radius 1 is 1.33 bits per heavy atom. The topological polar surface area (TPSA) is 81.6 Å². The fourth-order valence-corrected chi connectivity index (χ4v) is 4.48. The fraction of sp³-hybridized carbons (Fsp3) is 0.667. The van der Waals surface area contributed by atoms with Crippen LogP contribution in [0.1, 0.15) is 55.6 Å². The van der Waals surface area contributed by atoms with Crippen molar-refractivity contribution < 1.29 is 9.22 Å². The maximum absolute atomic E-state index is 12.1. The summed E-state index contributed by atoms with van der Waals surface area (Å²) < 4.78 is 6.29. The number of amides is 1. The van der Waals surface area contributed by atoms with Crippen LogP contribution in [-0.4, -0.2) is 40.0 Å². The molecule has 0 bridgehead atoms. The molecule has 6 heteroatoms. The Hall–Kier alpha value is -1.37. The Balaban J connectivity index is 2.06. The minimum absolute atomic E-state index is 0.0637. The number of nitrogens with two attached hydrogens (primary N) is 2. The number of carbonyl (C=O) groups excluding carboxylic acids is 1. The van der Waals surface area contributed by atoms with Gasteiger partial charge in [0.1, 0.15) is 0 Å². The van der Waals surface area contributed by atoms with Crippen LogP contribution in [0.5, 0.6) is 0 Å². The summed E-state index contributed by atoms with van der Waals surface area (Å²) >= 11 is 0. The van der Waals surface area contributed by atoms with Crippen molar-refractivity contribution >= 4 is 19.9 Å². The third kappa shape index (κ3) is 5.33. The third-order valence-corrected chi connectivity index (χ3v) is 10.4. The Kier molecular flexibility index (Phi) is 6.76. The zero-order chi connectivity index (χ0) is 20.4. The number of hydrogen-bond donors (Lipinski definition) is 2. The summed E-state index contributed by atoms with van der Waals surface area (Å²) in [4.78, 5) is 14.4. The second-order valence-corrected chi connectivity index (χ2v) is 14.2. The lowest BCUT2D eigenvalue weighted by molar-refractivity contribution is 0.100. The molecule has 27 heavy (non-hydrogen) atoms. The molecule has 0 spiro atoms. The van der Waals surface area contributed by atoms with Gasteiger partial charge < -0.3 is 20.8 Å². The standard InChI is InChI=1S/C21H37N3O2Si/c1-15(22)12-16-13-17-8-10-24(19(17)18(14-16)20(23)25)9-7-11-26-27(5,6)21(2,3)4/h13-15H,7-12,22H2,1-6H3,(H2,23,25)/t15-/m1/s1. The lowest BCUT2D eigenvalue weighted by atomic mass is 9.98. The van der Waals surface area contributed by atoms with E-state index in [1.165, 1.54) is 5.56 Å². The summed E-state index contributed by atoms with van der Waals surface area (Å²) in [7, 11) is -1.71. The van der Waals surface area contributed by atoms with Crippen LogP contribution in [0.15, 0.2) is 12.1 Å². The van der Waals surface area contributed by atoms with E-state index in [9.17, 15) is 4.79 Å². The highest BCUT2D eigenvalue weighted by molar-refractivity contribution is 6.74. The average Bonchev–Trinajstić information content (AvgIpc) is 2.92. The summed E-state index contributed by atoms with van der Waals surface area (Å²) in [5, 5.41) is 0.225. The molecular weight excluding hydrogens is 354 g/mol. The Morgan fingerprint density at radius 2 is 2.00 bits per heavy atom. The van der Waals surface area contributed by atoms with E-state index in [4.69, 9.17) is 15.9 Å². The molecule has 0 saturated heterocycles. The number of benzene rings is 1. The zero-order valence-electron chi connectivity index (χ0n) is 17.9. The van der Waals surface area contributed by atoms with Crippen LogP contribution in [0.25, 0.3) is 0 Å². The largest absolute Gasteiger partial charge is 0.417 e. The van der Waals surface area contributed by atoms with Crippen molar-refractivity contribution in [2.24, 2.45) is 11.5 Å². The smallest absolute Gasteiger partial charge is 0.250 e. The van der Waals surface area contributed by atoms with Gasteiger partial charge in [-0.2, -0.15) is 0 Å². The first kappa shape index (κ1) is 21.9. The van der Waals surface area contributed by atoms with Crippen LogP contribution in [-0.2, 0) is 17.3 Å². The minimum Gasteiger partial charge on any atom is -0.417 e. The first-order valence-corrected chi connectivity index (χ1v) is 12.9. The number of fused-ring (bicyclic) bond motifs is 1. The molecule has 1 aromatic carbocycles. The molecule has 4 N–H and O–H groups in total. The normalized spacial score (nSPS) is 15.7. The van der Waals surface area contributed by atoms with E-state index in [1.807, 2.05) is 13.0 Å². The van der Waals surface area contributed by atoms with Crippen LogP contribution >= 0.6 is 0 Å². The van der Waals surface area contributed by atoms with Gasteiger partial charge in [-0.25, -0.2) is 0 Å². The number of hydrogen-bond acceptors (Lipinski definition) is 4. The maximum atomic E-state index is 12.1. The van der Waals surface area contributed by atoms with Gasteiger partial charge in [-0.05, 0) is 61.5 Å². The molecule has 2 rings (SSSR count). The van der Waals surface area contributed by atoms with Gasteiger partial charge >= 0.3 is 0 Å². The summed E-state index contributed by atoms with van der Waals surface area (Å²) in [6.45, 7) is 15.9. The van der Waals surface area contributed by atoms with Gasteiger partial charge in [0.15, 0.2) is 8.32 Å². The fourth-order valence-electron chi connectivity index (χ4n) is 3.39. The highest BCUT2D eigenvalue weighted by Gasteiger charge is 2.37. The summed E-state index contributed by atoms with van der Waals surface area (Å²) in [6.07, 6.45) is 2.66. The minimum atomic E-state index is -1.71. The lowest BCUT2D eigenvalue weighted by Gasteiger charge is -2.36. The van der Waals surface area contributed by atoms with E-state index < -0.39 is 8.32 Å². The second kappa shape index (κ2) is 8.33. The second-order valence-electron chi connectivity index (χ2n) is 9.40. The molecule has 5 nitrogen and oxygen atoms in total. The molecule has 1 amide bonds. The Labute approximate surface area is 165 Å². The molecule has 1 atom stereocenters. The molecule has 1 heterocycles. The van der Waals surface area contributed by atoms with Gasteiger partial charge in [-0.15, -0.1) is 0 Å². The van der Waals surface area contributed by atoms with Crippen molar-refractivity contribution in [2.75, 3.05) is 24.6 Å². The molecule has 1 aromatic rings. The lowest BCUT2D eigenvalue weighted by Crippen LogP contribution is -2.41. The molecule has 0 aliphatic carbocycles. The zero-order valence-corrected chi connectivity index (χ0v) is 18.9. The molecular formula is C21H37N3O2Si. The summed E-state index contributed by atoms with van der Waals surface area (Å²) in [5.74, 6) is -0.359. The van der Waals surface area contributed by atoms with E-state index in [1.54, 1.807) is 0 Å². The first-order chi connectivity index (χ1) is 12.4. The van der Waals surface area contributed by atoms with Crippen molar-refractivity contribution in [2.45, 2.75) is 71.1 Å². The Bertz CT molecular complexity index is 681. The molecule has 0 saturated carbocycles. The SMILES string of the molecule is C[C@@H](N)Cc1cc2c(c(C(N)=O)c1)N(CCCO[Si](C)(C)C(C)(C)C)CC2. The third-order valence-electron chi connectivity index (χ3n) is 5.88. The van der Waals surface area contributed by atoms with Crippen LogP contribution in [0.4, 0.5) is 5.69 Å². The first-order valence-electron chi connectivity index (χ1n) is 10.0. The predicted octanol–water partition coefficient (Wildman–Crippen LogP) is 3.45. The number of nitrogens with zero attached hydrogens (tertiary/aromatic N) is 1. The highest BCUT2D eigenvalue weighted by atomic mass is 28.4. The van der Waals surface area contributed by atoms with Crippen LogP contribution in [0, 0.1) is 0 Å². The summed E-state index contributed by atoms with van der Waals surface area (Å²) in [6, 6.07) is 4.18. The van der Waals surface area contributed by atoms with E-state index in [-0.39, 0.29) is 17.0 Å².